The molecule has 9 aromatic rings. The van der Waals surface area contributed by atoms with Crippen molar-refractivity contribution in [3.63, 3.8) is 0 Å². The van der Waals surface area contributed by atoms with Crippen molar-refractivity contribution in [2.24, 2.45) is 0 Å². The molecule has 4 aromatic carbocycles. The number of pyridine rings is 3. The van der Waals surface area contributed by atoms with E-state index in [2.05, 4.69) is 48.6 Å². The van der Waals surface area contributed by atoms with Crippen molar-refractivity contribution in [2.45, 2.75) is 23.6 Å². The molecule has 0 atom stereocenters. The summed E-state index contributed by atoms with van der Waals surface area (Å²) in [5.74, 6) is 0.407. The minimum absolute atomic E-state index is 0.0669. The summed E-state index contributed by atoms with van der Waals surface area (Å²) < 4.78 is 59.3. The Morgan fingerprint density at radius 2 is 1.33 bits per heavy atom. The lowest BCUT2D eigenvalue weighted by Gasteiger charge is -2.10. The van der Waals surface area contributed by atoms with Crippen LogP contribution in [-0.4, -0.2) is 45.9 Å². The molecule has 0 amide bonds. The monoisotopic (exact) mass is 957 g/mol. The molecule has 0 spiro atoms. The SMILES string of the molecule is Cc1ccc(S(=O)(=O)Oc2cccc(-c3cnc4c(c3)c(I)cn4S(=O)(=O)c3ccc(C)cc3)c2)cc1.Oc1cccc(-c2cnc3[nH]cc(/C=C/c4ccccn4)c3c2)c1. The first-order valence-corrected chi connectivity index (χ1v) is 22.7. The predicted molar refractivity (Wildman–Crippen MR) is 247 cm³/mol. The molecule has 304 valence electrons. The molecular formula is C47H36IN5O6S2. The molecule has 2 N–H and O–H groups in total. The van der Waals surface area contributed by atoms with E-state index < -0.39 is 20.1 Å². The van der Waals surface area contributed by atoms with Gasteiger partial charge in [-0.05, 0) is 126 Å². The molecule has 0 fully saturated rings. The Kier molecular flexibility index (Phi) is 11.6. The van der Waals surface area contributed by atoms with Crippen molar-refractivity contribution >= 4 is 77.0 Å². The number of nitrogens with one attached hydrogen (secondary N) is 1. The number of nitrogens with zero attached hydrogens (tertiary/aromatic N) is 4. The normalized spacial score (nSPS) is 11.8. The lowest BCUT2D eigenvalue weighted by molar-refractivity contribution is 0.475. The zero-order valence-corrected chi connectivity index (χ0v) is 36.4. The number of H-pyrrole nitrogens is 1. The quantitative estimate of drug-likeness (QED) is 0.106. The summed E-state index contributed by atoms with van der Waals surface area (Å²) in [6.07, 6.45) is 12.6. The molecule has 61 heavy (non-hydrogen) atoms. The van der Waals surface area contributed by atoms with Gasteiger partial charge >= 0.3 is 10.1 Å². The van der Waals surface area contributed by atoms with Gasteiger partial charge in [-0.15, -0.1) is 0 Å². The van der Waals surface area contributed by atoms with Crippen molar-refractivity contribution in [3.05, 3.63) is 184 Å². The van der Waals surface area contributed by atoms with E-state index >= 15 is 0 Å². The number of phenolic OH excluding ortho intramolecular Hbond substituents is 1. The van der Waals surface area contributed by atoms with E-state index in [0.29, 0.717) is 25.7 Å². The number of aromatic hydroxyl groups is 1. The van der Waals surface area contributed by atoms with Crippen LogP contribution in [0.1, 0.15) is 22.4 Å². The molecular weight excluding hydrogens is 922 g/mol. The second kappa shape index (κ2) is 17.2. The minimum atomic E-state index is -4.00. The first-order valence-electron chi connectivity index (χ1n) is 18.8. The first kappa shape index (κ1) is 41.1. The van der Waals surface area contributed by atoms with Crippen LogP contribution in [0.4, 0.5) is 0 Å². The summed E-state index contributed by atoms with van der Waals surface area (Å²) in [5.41, 5.74) is 8.27. The fourth-order valence-electron chi connectivity index (χ4n) is 6.47. The number of hydrogen-bond acceptors (Lipinski definition) is 9. The number of aryl methyl sites for hydroxylation is 2. The van der Waals surface area contributed by atoms with Crippen molar-refractivity contribution < 1.29 is 26.1 Å². The Morgan fingerprint density at radius 3 is 2.02 bits per heavy atom. The molecule has 0 aliphatic heterocycles. The average molecular weight is 958 g/mol. The summed E-state index contributed by atoms with van der Waals surface area (Å²) in [4.78, 5) is 16.7. The topological polar surface area (TPSA) is 157 Å². The third-order valence-electron chi connectivity index (χ3n) is 9.69. The zero-order chi connectivity index (χ0) is 42.7. The number of fused-ring (bicyclic) bond motifs is 2. The highest BCUT2D eigenvalue weighted by atomic mass is 127. The fourth-order valence-corrected chi connectivity index (χ4v) is 9.58. The number of hydrogen-bond donors (Lipinski definition) is 2. The van der Waals surface area contributed by atoms with Crippen LogP contribution in [0, 0.1) is 17.4 Å². The van der Waals surface area contributed by atoms with E-state index in [9.17, 15) is 21.9 Å². The maximum Gasteiger partial charge on any atom is 0.339 e. The van der Waals surface area contributed by atoms with Crippen molar-refractivity contribution in [3.8, 4) is 33.8 Å². The minimum Gasteiger partial charge on any atom is -0.508 e. The maximum atomic E-state index is 13.3. The molecule has 0 unspecified atom stereocenters. The van der Waals surface area contributed by atoms with Gasteiger partial charge in [-0.1, -0.05) is 71.8 Å². The van der Waals surface area contributed by atoms with Gasteiger partial charge in [0.1, 0.15) is 22.0 Å². The van der Waals surface area contributed by atoms with Crippen LogP contribution in [0.3, 0.4) is 0 Å². The van der Waals surface area contributed by atoms with E-state index in [1.807, 2.05) is 68.6 Å². The number of benzene rings is 4. The molecule has 5 heterocycles. The van der Waals surface area contributed by atoms with Crippen LogP contribution in [0.5, 0.6) is 11.5 Å². The van der Waals surface area contributed by atoms with Gasteiger partial charge in [0.05, 0.1) is 10.6 Å². The lowest BCUT2D eigenvalue weighted by atomic mass is 10.1. The number of aromatic amines is 1. The number of phenols is 1. The third kappa shape index (κ3) is 9.11. The third-order valence-corrected chi connectivity index (χ3v) is 13.5. The van der Waals surface area contributed by atoms with E-state index in [-0.39, 0.29) is 21.3 Å². The van der Waals surface area contributed by atoms with Crippen molar-refractivity contribution in [2.75, 3.05) is 0 Å². The van der Waals surface area contributed by atoms with Gasteiger partial charge in [-0.2, -0.15) is 8.42 Å². The summed E-state index contributed by atoms with van der Waals surface area (Å²) in [7, 11) is -7.83. The van der Waals surface area contributed by atoms with Gasteiger partial charge in [-0.25, -0.2) is 22.4 Å². The van der Waals surface area contributed by atoms with E-state index in [1.165, 1.54) is 16.1 Å². The van der Waals surface area contributed by atoms with Crippen LogP contribution in [0.25, 0.3) is 56.5 Å². The van der Waals surface area contributed by atoms with Crippen LogP contribution < -0.4 is 4.18 Å². The van der Waals surface area contributed by atoms with Gasteiger partial charge in [0.15, 0.2) is 5.65 Å². The van der Waals surface area contributed by atoms with Crippen LogP contribution >= 0.6 is 22.6 Å². The molecule has 14 heteroatoms. The Bertz CT molecular complexity index is 3300. The second-order valence-electron chi connectivity index (χ2n) is 14.1. The van der Waals surface area contributed by atoms with Crippen LogP contribution in [0.15, 0.2) is 168 Å². The summed E-state index contributed by atoms with van der Waals surface area (Å²) in [6.45, 7) is 3.77. The molecule has 0 radical (unpaired) electrons. The number of halogens is 1. The maximum absolute atomic E-state index is 13.3. The average Bonchev–Trinajstić information content (AvgIpc) is 3.83. The van der Waals surface area contributed by atoms with E-state index in [0.717, 1.165) is 44.5 Å². The van der Waals surface area contributed by atoms with Gasteiger partial charge in [0.2, 0.25) is 0 Å². The Morgan fingerprint density at radius 1 is 0.672 bits per heavy atom. The standard InChI is InChI=1S/C27H21IN2O5S2.C20H15N3O/c1-18-6-10-23(11-7-18)36(31,32)30-17-26(28)25-15-21(16-29-27(25)30)20-4-3-5-22(14-20)35-37(33,34)24-12-8-19(2)9-13-24;24-18-6-3-4-14(10-18)16-11-19-15(12-22-20(19)23-13-16)7-8-17-5-1-2-9-21-17/h3-17H,1-2H3;1-13,24H,(H,22,23)/b;8-7+. The smallest absolute Gasteiger partial charge is 0.339 e. The molecule has 11 nitrogen and oxygen atoms in total. The molecule has 0 saturated heterocycles. The molecule has 0 aliphatic carbocycles. The van der Waals surface area contributed by atoms with Gasteiger partial charge in [0, 0.05) is 62.0 Å². The summed E-state index contributed by atoms with van der Waals surface area (Å²) in [6, 6.07) is 36.7. The van der Waals surface area contributed by atoms with Crippen molar-refractivity contribution in [1.29, 1.82) is 0 Å². The number of aromatic nitrogens is 5. The fraction of sp³-hybridized carbons (Fsp3) is 0.0426. The van der Waals surface area contributed by atoms with E-state index in [1.54, 1.807) is 97.6 Å². The number of rotatable bonds is 9. The Hall–Kier alpha value is -6.62. The second-order valence-corrected chi connectivity index (χ2v) is 18.6. The van der Waals surface area contributed by atoms with E-state index in [4.69, 9.17) is 4.18 Å². The molecule has 0 bridgehead atoms. The van der Waals surface area contributed by atoms with Crippen LogP contribution in [-0.2, 0) is 20.1 Å². The molecule has 5 aromatic heterocycles. The Labute approximate surface area is 366 Å². The highest BCUT2D eigenvalue weighted by Gasteiger charge is 2.22. The highest BCUT2D eigenvalue weighted by Crippen LogP contribution is 2.32. The molecule has 9 rings (SSSR count). The zero-order valence-electron chi connectivity index (χ0n) is 32.6. The lowest BCUT2D eigenvalue weighted by Crippen LogP contribution is -2.12. The largest absolute Gasteiger partial charge is 0.508 e. The van der Waals surface area contributed by atoms with Gasteiger partial charge < -0.3 is 14.3 Å². The molecule has 0 saturated carbocycles. The van der Waals surface area contributed by atoms with Crippen LogP contribution in [0.2, 0.25) is 0 Å². The summed E-state index contributed by atoms with van der Waals surface area (Å²) >= 11 is 2.08. The summed E-state index contributed by atoms with van der Waals surface area (Å²) in [5, 5.41) is 11.4. The molecule has 0 aliphatic rings. The first-order chi connectivity index (χ1) is 29.3. The van der Waals surface area contributed by atoms with Gasteiger partial charge in [-0.3, -0.25) is 4.98 Å². The highest BCUT2D eigenvalue weighted by molar-refractivity contribution is 14.1. The van der Waals surface area contributed by atoms with Crippen molar-refractivity contribution in [1.82, 2.24) is 23.9 Å². The van der Waals surface area contributed by atoms with Gasteiger partial charge in [0.25, 0.3) is 10.0 Å². The predicted octanol–water partition coefficient (Wildman–Crippen LogP) is 10.4. The Balaban J connectivity index is 0.000000184.